The third-order valence-electron chi connectivity index (χ3n) is 7.69. The first-order valence-electron chi connectivity index (χ1n) is 12.4. The maximum absolute atomic E-state index is 5.91. The van der Waals surface area contributed by atoms with E-state index < -0.39 is 0 Å². The van der Waals surface area contributed by atoms with Gasteiger partial charge in [0.2, 0.25) is 0 Å². The van der Waals surface area contributed by atoms with E-state index in [0.717, 1.165) is 17.7 Å². The molecule has 0 amide bonds. The summed E-state index contributed by atoms with van der Waals surface area (Å²) in [5.41, 5.74) is 2.31. The van der Waals surface area contributed by atoms with E-state index in [9.17, 15) is 0 Å². The molecule has 1 atom stereocenters. The number of furan rings is 1. The molecule has 36 heavy (non-hydrogen) atoms. The average molecular weight is 463 g/mol. The van der Waals surface area contributed by atoms with Gasteiger partial charge in [-0.05, 0) is 89.8 Å². The quantitative estimate of drug-likeness (QED) is 0.239. The van der Waals surface area contributed by atoms with Gasteiger partial charge in [-0.2, -0.15) is 0 Å². The van der Waals surface area contributed by atoms with Crippen LogP contribution in [-0.2, 0) is 4.74 Å². The van der Waals surface area contributed by atoms with Gasteiger partial charge < -0.3 is 9.15 Å². The monoisotopic (exact) mass is 462 g/mol. The fourth-order valence-electron chi connectivity index (χ4n) is 6.09. The first-order valence-corrected chi connectivity index (χ1v) is 12.4. The van der Waals surface area contributed by atoms with Crippen molar-refractivity contribution >= 4 is 53.9 Å². The van der Waals surface area contributed by atoms with Gasteiger partial charge in [-0.3, -0.25) is 0 Å². The second kappa shape index (κ2) is 7.47. The fourth-order valence-corrected chi connectivity index (χ4v) is 6.09. The zero-order chi connectivity index (χ0) is 23.6. The molecule has 6 aromatic carbocycles. The molecule has 2 heteroatoms. The Hall–Kier alpha value is -4.56. The Labute approximate surface area is 208 Å². The van der Waals surface area contributed by atoms with Crippen LogP contribution >= 0.6 is 0 Å². The van der Waals surface area contributed by atoms with Crippen molar-refractivity contribution in [3.8, 4) is 11.3 Å². The summed E-state index contributed by atoms with van der Waals surface area (Å²) < 4.78 is 11.7. The smallest absolute Gasteiger partial charge is 0.133 e. The van der Waals surface area contributed by atoms with Gasteiger partial charge in [-0.1, -0.05) is 72.8 Å². The first-order chi connectivity index (χ1) is 17.9. The molecule has 1 aromatic heterocycles. The molecule has 1 aliphatic rings. The third-order valence-corrected chi connectivity index (χ3v) is 7.69. The van der Waals surface area contributed by atoms with E-state index >= 15 is 0 Å². The van der Waals surface area contributed by atoms with Crippen molar-refractivity contribution in [3.05, 3.63) is 121 Å². The Morgan fingerprint density at radius 3 is 1.83 bits per heavy atom. The van der Waals surface area contributed by atoms with Gasteiger partial charge in [-0.25, -0.2) is 0 Å². The fraction of sp³-hybridized carbons (Fsp3) is 0.0588. The van der Waals surface area contributed by atoms with Crippen LogP contribution in [0.3, 0.4) is 0 Å². The predicted molar refractivity (Wildman–Crippen MR) is 149 cm³/mol. The van der Waals surface area contributed by atoms with Crippen molar-refractivity contribution in [3.63, 3.8) is 0 Å². The molecule has 0 spiro atoms. The van der Waals surface area contributed by atoms with Gasteiger partial charge in [0.25, 0.3) is 0 Å². The number of ether oxygens (including phenoxy) is 1. The summed E-state index contributed by atoms with van der Waals surface area (Å²) in [5.74, 6) is 0.886. The Morgan fingerprint density at radius 1 is 0.556 bits per heavy atom. The van der Waals surface area contributed by atoms with Crippen molar-refractivity contribution in [2.75, 3.05) is 0 Å². The lowest BCUT2D eigenvalue weighted by atomic mass is 9.86. The summed E-state index contributed by atoms with van der Waals surface area (Å²) >= 11 is 0. The van der Waals surface area contributed by atoms with Gasteiger partial charge in [-0.15, -0.1) is 0 Å². The third kappa shape index (κ3) is 2.73. The van der Waals surface area contributed by atoms with Crippen LogP contribution in [0.5, 0.6) is 0 Å². The summed E-state index contributed by atoms with van der Waals surface area (Å²) in [5, 5.41) is 12.8. The molecule has 8 rings (SSSR count). The normalized spacial score (nSPS) is 15.5. The lowest BCUT2D eigenvalue weighted by Gasteiger charge is -2.18. The Kier molecular flexibility index (Phi) is 4.09. The number of rotatable bonds is 2. The van der Waals surface area contributed by atoms with Crippen molar-refractivity contribution in [2.24, 2.45) is 0 Å². The van der Waals surface area contributed by atoms with Crippen molar-refractivity contribution in [1.29, 1.82) is 0 Å². The molecular weight excluding hydrogens is 440 g/mol. The van der Waals surface area contributed by atoms with Crippen molar-refractivity contribution in [1.82, 2.24) is 0 Å². The van der Waals surface area contributed by atoms with Crippen molar-refractivity contribution in [2.45, 2.75) is 12.5 Å². The van der Waals surface area contributed by atoms with E-state index in [1.54, 1.807) is 6.26 Å². The molecule has 0 radical (unpaired) electrons. The van der Waals surface area contributed by atoms with Gasteiger partial charge in [0.05, 0.1) is 12.5 Å². The van der Waals surface area contributed by atoms with Gasteiger partial charge >= 0.3 is 0 Å². The number of hydrogen-bond acceptors (Lipinski definition) is 2. The Morgan fingerprint density at radius 2 is 1.19 bits per heavy atom. The molecule has 1 aliphatic heterocycles. The van der Waals surface area contributed by atoms with Crippen LogP contribution in [0.15, 0.2) is 120 Å². The minimum atomic E-state index is 0.0770. The minimum Gasteiger partial charge on any atom is -0.493 e. The number of benzene rings is 6. The maximum Gasteiger partial charge on any atom is 0.133 e. The second-order valence-corrected chi connectivity index (χ2v) is 9.62. The van der Waals surface area contributed by atoms with Crippen molar-refractivity contribution < 1.29 is 9.15 Å². The van der Waals surface area contributed by atoms with E-state index in [0.29, 0.717) is 0 Å². The summed E-state index contributed by atoms with van der Waals surface area (Å²) in [6, 6.07) is 35.2. The summed E-state index contributed by atoms with van der Waals surface area (Å²) in [7, 11) is 0. The zero-order valence-electron chi connectivity index (χ0n) is 19.6. The molecule has 0 N–H and O–H groups in total. The lowest BCUT2D eigenvalue weighted by Crippen LogP contribution is -1.96. The lowest BCUT2D eigenvalue weighted by molar-refractivity contribution is 0.173. The van der Waals surface area contributed by atoms with Crippen LogP contribution in [0.1, 0.15) is 18.1 Å². The van der Waals surface area contributed by atoms with E-state index in [2.05, 4.69) is 91.0 Å². The van der Waals surface area contributed by atoms with Crippen LogP contribution in [0.25, 0.3) is 65.2 Å². The van der Waals surface area contributed by atoms with Crippen LogP contribution in [0, 0.1) is 0 Å². The number of hydrogen-bond donors (Lipinski definition) is 0. The molecule has 2 heterocycles. The van der Waals surface area contributed by atoms with Crippen LogP contribution in [-0.4, -0.2) is 0 Å². The van der Waals surface area contributed by atoms with Crippen LogP contribution in [0.4, 0.5) is 0 Å². The average Bonchev–Trinajstić information content (AvgIpc) is 3.67. The molecule has 0 saturated carbocycles. The Balaban J connectivity index is 1.63. The highest BCUT2D eigenvalue weighted by molar-refractivity contribution is 6.39. The zero-order valence-corrected chi connectivity index (χ0v) is 19.6. The van der Waals surface area contributed by atoms with E-state index in [-0.39, 0.29) is 6.10 Å². The summed E-state index contributed by atoms with van der Waals surface area (Å²) in [6.07, 6.45) is 6.65. The summed E-state index contributed by atoms with van der Waals surface area (Å²) in [6.45, 7) is 0. The van der Waals surface area contributed by atoms with Crippen LogP contribution < -0.4 is 0 Å². The molecule has 7 aromatic rings. The molecule has 0 aliphatic carbocycles. The van der Waals surface area contributed by atoms with Crippen LogP contribution in [0.2, 0.25) is 0 Å². The molecule has 0 saturated heterocycles. The molecule has 0 fully saturated rings. The molecule has 170 valence electrons. The molecule has 1 unspecified atom stereocenters. The first kappa shape index (κ1) is 19.7. The van der Waals surface area contributed by atoms with E-state index in [4.69, 9.17) is 9.15 Å². The Bertz CT molecular complexity index is 1990. The van der Waals surface area contributed by atoms with E-state index in [1.807, 2.05) is 18.4 Å². The molecular formula is C34H22O2. The minimum absolute atomic E-state index is 0.0770. The van der Waals surface area contributed by atoms with Gasteiger partial charge in [0.1, 0.15) is 11.9 Å². The predicted octanol–water partition coefficient (Wildman–Crippen LogP) is 9.69. The maximum atomic E-state index is 5.91. The number of fused-ring (bicyclic) bond motifs is 11. The highest BCUT2D eigenvalue weighted by atomic mass is 16.5. The molecule has 2 nitrogen and oxygen atoms in total. The summed E-state index contributed by atoms with van der Waals surface area (Å²) in [4.78, 5) is 0. The SMILES string of the molecule is C1=COC(c2ccc3c4ccccc4c4c5cc(-c6ccco6)ccc5c5ccccc5c4c3c2)C1. The van der Waals surface area contributed by atoms with Gasteiger partial charge in [0, 0.05) is 12.0 Å². The topological polar surface area (TPSA) is 22.4 Å². The van der Waals surface area contributed by atoms with Gasteiger partial charge in [0.15, 0.2) is 0 Å². The standard InChI is InChI=1S/C34H22O2/c1-3-9-27-23(7-1)25-15-13-21(31-11-5-17-35-31)19-29(25)34-28-10-4-2-8-24(28)26-16-14-22(20-30(26)33(27)34)32-12-6-18-36-32/h1-11,13-20,32H,12H2. The second-order valence-electron chi connectivity index (χ2n) is 9.62. The molecule has 0 bridgehead atoms. The highest BCUT2D eigenvalue weighted by Crippen LogP contribution is 2.45. The van der Waals surface area contributed by atoms with E-state index in [1.165, 1.54) is 59.4 Å². The highest BCUT2D eigenvalue weighted by Gasteiger charge is 2.19. The largest absolute Gasteiger partial charge is 0.493 e.